The normalized spacial score (nSPS) is 15.8. The van der Waals surface area contributed by atoms with E-state index in [9.17, 15) is 19.8 Å². The molecule has 9 nitrogen and oxygen atoms in total. The van der Waals surface area contributed by atoms with Crippen LogP contribution in [-0.4, -0.2) is 64.0 Å². The summed E-state index contributed by atoms with van der Waals surface area (Å²) in [6, 6.07) is 14.7. The van der Waals surface area contributed by atoms with E-state index in [1.54, 1.807) is 29.2 Å². The molecule has 0 saturated carbocycles. The van der Waals surface area contributed by atoms with E-state index >= 15 is 0 Å². The Kier molecular flexibility index (Phi) is 9.75. The molecule has 0 spiro atoms. The predicted molar refractivity (Wildman–Crippen MR) is 131 cm³/mol. The summed E-state index contributed by atoms with van der Waals surface area (Å²) < 4.78 is 5.45. The van der Waals surface area contributed by atoms with Crippen LogP contribution in [0.1, 0.15) is 38.2 Å². The van der Waals surface area contributed by atoms with Crippen molar-refractivity contribution in [2.24, 2.45) is 5.92 Å². The lowest BCUT2D eigenvalue weighted by Crippen LogP contribution is -2.50. The number of anilines is 1. The maximum atomic E-state index is 13.3. The van der Waals surface area contributed by atoms with Gasteiger partial charge >= 0.3 is 0 Å². The van der Waals surface area contributed by atoms with Crippen molar-refractivity contribution in [1.82, 2.24) is 10.4 Å². The second-order valence-corrected chi connectivity index (χ2v) is 8.79. The molecule has 2 atom stereocenters. The zero-order valence-electron chi connectivity index (χ0n) is 20.0. The lowest BCUT2D eigenvalue weighted by Gasteiger charge is -2.35. The third-order valence-electron chi connectivity index (χ3n) is 6.34. The molecular weight excluding hydrogens is 450 g/mol. The molecule has 2 aromatic carbocycles. The number of aliphatic hydroxyl groups is 1. The number of ether oxygens (including phenoxy) is 1. The Labute approximate surface area is 205 Å². The molecule has 2 amide bonds. The molecule has 1 aliphatic rings. The van der Waals surface area contributed by atoms with Crippen molar-refractivity contribution in [2.45, 2.75) is 51.2 Å². The number of aliphatic hydroxyl groups excluding tert-OH is 1. The SMILES string of the molecule is CCOc1ccc(CCC[C@@H](C(=O)N2CCC(Nc3ccc(O)cc3)CC2)[C@H](O)C(=O)NO)cc1. The van der Waals surface area contributed by atoms with Crippen molar-refractivity contribution < 1.29 is 29.7 Å². The number of hydrogen-bond donors (Lipinski definition) is 5. The summed E-state index contributed by atoms with van der Waals surface area (Å²) in [7, 11) is 0. The summed E-state index contributed by atoms with van der Waals surface area (Å²) in [5, 5.41) is 32.3. The highest BCUT2D eigenvalue weighted by atomic mass is 16.5. The highest BCUT2D eigenvalue weighted by molar-refractivity contribution is 5.88. The second kappa shape index (κ2) is 13.0. The number of phenols is 1. The molecule has 0 aromatic heterocycles. The highest BCUT2D eigenvalue weighted by Crippen LogP contribution is 2.23. The van der Waals surface area contributed by atoms with Crippen molar-refractivity contribution in [3.05, 3.63) is 54.1 Å². The third-order valence-corrected chi connectivity index (χ3v) is 6.34. The van der Waals surface area contributed by atoms with Crippen LogP contribution in [0.15, 0.2) is 48.5 Å². The molecule has 190 valence electrons. The maximum Gasteiger partial charge on any atom is 0.272 e. The number of hydrogen-bond acceptors (Lipinski definition) is 7. The quantitative estimate of drug-likeness (QED) is 0.188. The Hall–Kier alpha value is -3.30. The summed E-state index contributed by atoms with van der Waals surface area (Å²) in [5.74, 6) is -1.20. The molecule has 1 aliphatic heterocycles. The Morgan fingerprint density at radius 2 is 1.74 bits per heavy atom. The summed E-state index contributed by atoms with van der Waals surface area (Å²) >= 11 is 0. The number of rotatable bonds is 11. The van der Waals surface area contributed by atoms with Crippen LogP contribution >= 0.6 is 0 Å². The van der Waals surface area contributed by atoms with Gasteiger partial charge < -0.3 is 25.2 Å². The molecule has 35 heavy (non-hydrogen) atoms. The number of nitrogens with zero attached hydrogens (tertiary/aromatic N) is 1. The van der Waals surface area contributed by atoms with Gasteiger partial charge in [-0.25, -0.2) is 5.48 Å². The van der Waals surface area contributed by atoms with E-state index in [-0.39, 0.29) is 17.7 Å². The molecule has 0 unspecified atom stereocenters. The van der Waals surface area contributed by atoms with Crippen LogP contribution in [0.25, 0.3) is 0 Å². The van der Waals surface area contributed by atoms with Crippen LogP contribution in [0.3, 0.4) is 0 Å². The van der Waals surface area contributed by atoms with E-state index in [0.29, 0.717) is 51.8 Å². The van der Waals surface area contributed by atoms with Crippen LogP contribution in [0.4, 0.5) is 5.69 Å². The number of hydroxylamine groups is 1. The monoisotopic (exact) mass is 485 g/mol. The molecule has 3 rings (SSSR count). The predicted octanol–water partition coefficient (Wildman–Crippen LogP) is 2.70. The van der Waals surface area contributed by atoms with E-state index in [1.165, 1.54) is 5.48 Å². The molecule has 2 aromatic rings. The first kappa shape index (κ1) is 26.3. The standard InChI is InChI=1S/C26H35N3O6/c1-2-35-22-12-6-18(7-13-22)4-3-5-23(24(31)25(32)28-34)26(33)29-16-14-20(15-17-29)27-19-8-10-21(30)11-9-19/h6-13,20,23-24,27,30-31,34H,2-5,14-17H2,1H3,(H,28,32)/t23-,24+/m1/s1. The Bertz CT molecular complexity index is 943. The van der Waals surface area contributed by atoms with E-state index in [4.69, 9.17) is 9.94 Å². The van der Waals surface area contributed by atoms with Gasteiger partial charge in [-0.05, 0) is 81.0 Å². The number of aromatic hydroxyl groups is 1. The van der Waals surface area contributed by atoms with Gasteiger partial charge in [-0.3, -0.25) is 14.8 Å². The Morgan fingerprint density at radius 1 is 1.09 bits per heavy atom. The van der Waals surface area contributed by atoms with Gasteiger partial charge in [-0.1, -0.05) is 12.1 Å². The van der Waals surface area contributed by atoms with E-state index in [2.05, 4.69) is 5.32 Å². The van der Waals surface area contributed by atoms with Crippen molar-refractivity contribution in [3.63, 3.8) is 0 Å². The Morgan fingerprint density at radius 3 is 2.34 bits per heavy atom. The van der Waals surface area contributed by atoms with Crippen molar-refractivity contribution in [2.75, 3.05) is 25.0 Å². The van der Waals surface area contributed by atoms with Gasteiger partial charge in [0.2, 0.25) is 5.91 Å². The van der Waals surface area contributed by atoms with Gasteiger partial charge in [-0.2, -0.15) is 0 Å². The maximum absolute atomic E-state index is 13.3. The number of phenolic OH excluding ortho intramolecular Hbond substituents is 1. The number of amides is 2. The molecule has 0 aliphatic carbocycles. The zero-order chi connectivity index (χ0) is 25.2. The van der Waals surface area contributed by atoms with Crippen LogP contribution < -0.4 is 15.5 Å². The molecular formula is C26H35N3O6. The molecule has 0 radical (unpaired) electrons. The summed E-state index contributed by atoms with van der Waals surface area (Å²) in [4.78, 5) is 26.9. The van der Waals surface area contributed by atoms with Crippen molar-refractivity contribution >= 4 is 17.5 Å². The van der Waals surface area contributed by atoms with Gasteiger partial charge in [-0.15, -0.1) is 0 Å². The van der Waals surface area contributed by atoms with Gasteiger partial charge in [0.1, 0.15) is 17.6 Å². The number of piperidine rings is 1. The number of benzene rings is 2. The highest BCUT2D eigenvalue weighted by Gasteiger charge is 2.35. The molecule has 1 saturated heterocycles. The largest absolute Gasteiger partial charge is 0.508 e. The fourth-order valence-corrected chi connectivity index (χ4v) is 4.38. The van der Waals surface area contributed by atoms with Crippen molar-refractivity contribution in [3.8, 4) is 11.5 Å². The fraction of sp³-hybridized carbons (Fsp3) is 0.462. The van der Waals surface area contributed by atoms with Crippen LogP contribution in [0.5, 0.6) is 11.5 Å². The number of carbonyl (C=O) groups is 2. The minimum Gasteiger partial charge on any atom is -0.508 e. The summed E-state index contributed by atoms with van der Waals surface area (Å²) in [5.41, 5.74) is 3.44. The first-order valence-corrected chi connectivity index (χ1v) is 12.1. The van der Waals surface area contributed by atoms with Gasteiger partial charge in [0.25, 0.3) is 5.91 Å². The van der Waals surface area contributed by atoms with Gasteiger partial charge in [0.15, 0.2) is 0 Å². The molecule has 1 fully saturated rings. The third kappa shape index (κ3) is 7.60. The summed E-state index contributed by atoms with van der Waals surface area (Å²) in [6.45, 7) is 3.51. The first-order valence-electron chi connectivity index (χ1n) is 12.1. The second-order valence-electron chi connectivity index (χ2n) is 8.79. The van der Waals surface area contributed by atoms with Crippen LogP contribution in [-0.2, 0) is 16.0 Å². The number of aryl methyl sites for hydroxylation is 1. The van der Waals surface area contributed by atoms with E-state index in [1.807, 2.05) is 31.2 Å². The minimum absolute atomic E-state index is 0.173. The zero-order valence-corrected chi connectivity index (χ0v) is 20.0. The van der Waals surface area contributed by atoms with Gasteiger partial charge in [0, 0.05) is 24.8 Å². The fourth-order valence-electron chi connectivity index (χ4n) is 4.38. The molecule has 5 N–H and O–H groups in total. The molecule has 0 bridgehead atoms. The minimum atomic E-state index is -1.62. The first-order chi connectivity index (χ1) is 16.9. The topological polar surface area (TPSA) is 131 Å². The number of likely N-dealkylation sites (tertiary alicyclic amines) is 1. The smallest absolute Gasteiger partial charge is 0.272 e. The van der Waals surface area contributed by atoms with Crippen LogP contribution in [0, 0.1) is 5.92 Å². The lowest BCUT2D eigenvalue weighted by molar-refractivity contribution is -0.151. The number of carbonyl (C=O) groups excluding carboxylic acids is 2. The average Bonchev–Trinajstić information content (AvgIpc) is 2.88. The Balaban J connectivity index is 1.55. The number of nitrogens with one attached hydrogen (secondary N) is 2. The lowest BCUT2D eigenvalue weighted by atomic mass is 9.91. The molecule has 1 heterocycles. The van der Waals surface area contributed by atoms with E-state index in [0.717, 1.165) is 17.0 Å². The van der Waals surface area contributed by atoms with Crippen molar-refractivity contribution in [1.29, 1.82) is 0 Å². The van der Waals surface area contributed by atoms with Crippen LogP contribution in [0.2, 0.25) is 0 Å². The summed E-state index contributed by atoms with van der Waals surface area (Å²) in [6.07, 6.45) is 1.40. The average molecular weight is 486 g/mol. The molecule has 9 heteroatoms. The van der Waals surface area contributed by atoms with Gasteiger partial charge in [0.05, 0.1) is 12.5 Å². The van der Waals surface area contributed by atoms with E-state index < -0.39 is 17.9 Å².